The average molecular weight is 464 g/mol. The van der Waals surface area contributed by atoms with Gasteiger partial charge in [-0.25, -0.2) is 8.42 Å². The number of fused-ring (bicyclic) bond motifs is 1. The summed E-state index contributed by atoms with van der Waals surface area (Å²) in [6.45, 7) is 3.74. The molecule has 0 unspecified atom stereocenters. The first-order valence-corrected chi connectivity index (χ1v) is 12.1. The number of hydrogen-bond donors (Lipinski definition) is 2. The number of rotatable bonds is 5. The van der Waals surface area contributed by atoms with Gasteiger partial charge in [0.25, 0.3) is 15.9 Å². The Balaban J connectivity index is 1.55. The molecule has 0 fully saturated rings. The molecular weight excluding hydrogens is 438 g/mol. The molecule has 0 aromatic heterocycles. The van der Waals surface area contributed by atoms with E-state index in [-0.39, 0.29) is 16.7 Å². The first kappa shape index (κ1) is 22.5. The lowest BCUT2D eigenvalue weighted by Crippen LogP contribution is -2.35. The van der Waals surface area contributed by atoms with Gasteiger partial charge >= 0.3 is 0 Å². The highest BCUT2D eigenvalue weighted by Crippen LogP contribution is 2.33. The fourth-order valence-electron chi connectivity index (χ4n) is 3.83. The zero-order valence-electron chi connectivity index (χ0n) is 18.5. The zero-order chi connectivity index (χ0) is 23.6. The fourth-order valence-corrected chi connectivity index (χ4v) is 5.38. The molecule has 0 atom stereocenters. The number of anilines is 3. The van der Waals surface area contributed by atoms with Crippen molar-refractivity contribution in [3.63, 3.8) is 0 Å². The van der Waals surface area contributed by atoms with Crippen LogP contribution in [0.15, 0.2) is 71.6 Å². The van der Waals surface area contributed by atoms with Crippen molar-refractivity contribution in [2.24, 2.45) is 0 Å². The third-order valence-electron chi connectivity index (χ3n) is 5.49. The lowest BCUT2D eigenvalue weighted by molar-refractivity contribution is -0.114. The largest absolute Gasteiger partial charge is 0.326 e. The predicted octanol–water partition coefficient (Wildman–Crippen LogP) is 4.35. The van der Waals surface area contributed by atoms with Crippen molar-refractivity contribution in [2.45, 2.75) is 31.6 Å². The van der Waals surface area contributed by atoms with Gasteiger partial charge in [0.15, 0.2) is 0 Å². The molecule has 1 aliphatic heterocycles. The lowest BCUT2D eigenvalue weighted by Gasteiger charge is -2.30. The first-order chi connectivity index (χ1) is 15.7. The number of nitrogens with one attached hydrogen (secondary N) is 2. The Morgan fingerprint density at radius 2 is 1.52 bits per heavy atom. The van der Waals surface area contributed by atoms with Crippen LogP contribution in [0.1, 0.15) is 34.8 Å². The monoisotopic (exact) mass is 463 g/mol. The van der Waals surface area contributed by atoms with Crippen LogP contribution in [0, 0.1) is 6.92 Å². The SMILES string of the molecule is CC(=O)Nc1ccc(NC(=O)c2ccc3c(c2)CCCN3S(=O)(=O)c2ccc(C)cc2)cc1. The van der Waals surface area contributed by atoms with Crippen LogP contribution >= 0.6 is 0 Å². The molecular formula is C25H25N3O4S. The van der Waals surface area contributed by atoms with E-state index in [1.807, 2.05) is 6.92 Å². The second-order valence-corrected chi connectivity index (χ2v) is 9.91. The van der Waals surface area contributed by atoms with Gasteiger partial charge < -0.3 is 10.6 Å². The van der Waals surface area contributed by atoms with E-state index in [4.69, 9.17) is 0 Å². The van der Waals surface area contributed by atoms with Crippen LogP contribution in [0.25, 0.3) is 0 Å². The van der Waals surface area contributed by atoms with E-state index < -0.39 is 10.0 Å². The van der Waals surface area contributed by atoms with Crippen LogP contribution in [0.4, 0.5) is 17.1 Å². The summed E-state index contributed by atoms with van der Waals surface area (Å²) in [5.41, 5.74) is 4.12. The van der Waals surface area contributed by atoms with Crippen LogP contribution in [0.3, 0.4) is 0 Å². The maximum Gasteiger partial charge on any atom is 0.264 e. The fraction of sp³-hybridized carbons (Fsp3) is 0.200. The number of nitrogens with zero attached hydrogens (tertiary/aromatic N) is 1. The highest BCUT2D eigenvalue weighted by Gasteiger charge is 2.29. The van der Waals surface area contributed by atoms with Crippen molar-refractivity contribution in [3.05, 3.63) is 83.4 Å². The van der Waals surface area contributed by atoms with E-state index in [9.17, 15) is 18.0 Å². The normalized spacial score (nSPS) is 13.2. The van der Waals surface area contributed by atoms with Crippen LogP contribution in [0.2, 0.25) is 0 Å². The molecule has 0 spiro atoms. The molecule has 0 saturated carbocycles. The Hall–Kier alpha value is -3.65. The summed E-state index contributed by atoms with van der Waals surface area (Å²) in [7, 11) is -3.68. The summed E-state index contributed by atoms with van der Waals surface area (Å²) in [4.78, 5) is 24.2. The average Bonchev–Trinajstić information content (AvgIpc) is 2.79. The molecule has 0 saturated heterocycles. The second-order valence-electron chi connectivity index (χ2n) is 8.05. The Bertz CT molecular complexity index is 1300. The molecule has 7 nitrogen and oxygen atoms in total. The van der Waals surface area contributed by atoms with Crippen molar-refractivity contribution >= 4 is 38.9 Å². The van der Waals surface area contributed by atoms with Crippen LogP contribution < -0.4 is 14.9 Å². The summed E-state index contributed by atoms with van der Waals surface area (Å²) in [5, 5.41) is 5.51. The topological polar surface area (TPSA) is 95.6 Å². The van der Waals surface area contributed by atoms with Crippen LogP contribution in [-0.4, -0.2) is 26.8 Å². The minimum atomic E-state index is -3.68. The Labute approximate surface area is 193 Å². The van der Waals surface area contributed by atoms with E-state index in [2.05, 4.69) is 10.6 Å². The molecule has 0 radical (unpaired) electrons. The highest BCUT2D eigenvalue weighted by molar-refractivity contribution is 7.92. The molecule has 2 N–H and O–H groups in total. The van der Waals surface area contributed by atoms with Gasteiger partial charge in [0.1, 0.15) is 0 Å². The lowest BCUT2D eigenvalue weighted by atomic mass is 10.0. The summed E-state index contributed by atoms with van der Waals surface area (Å²) in [5.74, 6) is -0.456. The summed E-state index contributed by atoms with van der Waals surface area (Å²) in [6.07, 6.45) is 1.37. The summed E-state index contributed by atoms with van der Waals surface area (Å²) in [6, 6.07) is 18.7. The van der Waals surface area contributed by atoms with Gasteiger partial charge in [-0.15, -0.1) is 0 Å². The smallest absolute Gasteiger partial charge is 0.264 e. The minimum Gasteiger partial charge on any atom is -0.326 e. The molecule has 170 valence electrons. The zero-order valence-corrected chi connectivity index (χ0v) is 19.3. The third kappa shape index (κ3) is 4.90. The van der Waals surface area contributed by atoms with Gasteiger partial charge in [0, 0.05) is 30.4 Å². The molecule has 1 aliphatic rings. The molecule has 8 heteroatoms. The molecule has 0 bridgehead atoms. The van der Waals surface area contributed by atoms with Crippen molar-refractivity contribution < 1.29 is 18.0 Å². The minimum absolute atomic E-state index is 0.167. The maximum atomic E-state index is 13.2. The molecule has 3 aromatic carbocycles. The number of benzene rings is 3. The number of aryl methyl sites for hydroxylation is 2. The molecule has 33 heavy (non-hydrogen) atoms. The Kier molecular flexibility index (Phi) is 6.20. The Morgan fingerprint density at radius 3 is 2.15 bits per heavy atom. The Morgan fingerprint density at radius 1 is 0.879 bits per heavy atom. The van der Waals surface area contributed by atoms with Crippen molar-refractivity contribution in [1.82, 2.24) is 0 Å². The van der Waals surface area contributed by atoms with E-state index >= 15 is 0 Å². The highest BCUT2D eigenvalue weighted by atomic mass is 32.2. The first-order valence-electron chi connectivity index (χ1n) is 10.7. The number of amides is 2. The second kappa shape index (κ2) is 9.07. The van der Waals surface area contributed by atoms with Crippen molar-refractivity contribution in [2.75, 3.05) is 21.5 Å². The number of carbonyl (C=O) groups is 2. The summed E-state index contributed by atoms with van der Waals surface area (Å²) >= 11 is 0. The molecule has 1 heterocycles. The maximum absolute atomic E-state index is 13.2. The standard InChI is InChI=1S/C25H25N3O4S/c1-17-5-12-23(13-6-17)33(31,32)28-15-3-4-19-16-20(7-14-24(19)28)25(30)27-22-10-8-21(9-11-22)26-18(2)29/h5-14,16H,3-4,15H2,1-2H3,(H,26,29)(H,27,30). The van der Waals surface area contributed by atoms with Gasteiger partial charge in [0.2, 0.25) is 5.91 Å². The van der Waals surface area contributed by atoms with Gasteiger partial charge in [0.05, 0.1) is 10.6 Å². The summed E-state index contributed by atoms with van der Waals surface area (Å²) < 4.78 is 27.9. The van der Waals surface area contributed by atoms with Crippen LogP contribution in [-0.2, 0) is 21.2 Å². The van der Waals surface area contributed by atoms with E-state index in [1.54, 1.807) is 66.7 Å². The van der Waals surface area contributed by atoms with Gasteiger partial charge in [-0.05, 0) is 79.9 Å². The number of hydrogen-bond acceptors (Lipinski definition) is 4. The third-order valence-corrected chi connectivity index (χ3v) is 7.32. The molecule has 2 amide bonds. The number of carbonyl (C=O) groups excluding carboxylic acids is 2. The molecule has 0 aliphatic carbocycles. The van der Waals surface area contributed by atoms with E-state index in [0.717, 1.165) is 11.1 Å². The van der Waals surface area contributed by atoms with Crippen molar-refractivity contribution in [3.8, 4) is 0 Å². The van der Waals surface area contributed by atoms with E-state index in [1.165, 1.54) is 11.2 Å². The van der Waals surface area contributed by atoms with Gasteiger partial charge in [-0.3, -0.25) is 13.9 Å². The molecule has 3 aromatic rings. The van der Waals surface area contributed by atoms with Crippen LogP contribution in [0.5, 0.6) is 0 Å². The number of sulfonamides is 1. The van der Waals surface area contributed by atoms with Crippen molar-refractivity contribution in [1.29, 1.82) is 0 Å². The quantitative estimate of drug-likeness (QED) is 0.588. The van der Waals surface area contributed by atoms with Gasteiger partial charge in [-0.1, -0.05) is 17.7 Å². The predicted molar refractivity (Wildman–Crippen MR) is 129 cm³/mol. The van der Waals surface area contributed by atoms with E-state index in [0.29, 0.717) is 42.0 Å². The molecule has 4 rings (SSSR count). The van der Waals surface area contributed by atoms with Gasteiger partial charge in [-0.2, -0.15) is 0 Å².